The van der Waals surface area contributed by atoms with Gasteiger partial charge in [-0.1, -0.05) is 30.3 Å². The first kappa shape index (κ1) is 13.8. The summed E-state index contributed by atoms with van der Waals surface area (Å²) >= 11 is 0. The molecule has 0 unspecified atom stereocenters. The number of rotatable bonds is 4. The molecule has 21 heavy (non-hydrogen) atoms. The third kappa shape index (κ3) is 3.70. The molecule has 1 saturated heterocycles. The lowest BCUT2D eigenvalue weighted by molar-refractivity contribution is -0.122. The van der Waals surface area contributed by atoms with Crippen molar-refractivity contribution in [2.75, 3.05) is 18.5 Å². The molecule has 1 aromatic carbocycles. The summed E-state index contributed by atoms with van der Waals surface area (Å²) in [4.78, 5) is 12.1. The average molecular weight is 285 g/mol. The first-order valence-corrected chi connectivity index (χ1v) is 7.26. The van der Waals surface area contributed by atoms with Crippen molar-refractivity contribution in [3.05, 3.63) is 48.3 Å². The predicted octanol–water partition coefficient (Wildman–Crippen LogP) is 2.30. The Morgan fingerprint density at radius 3 is 2.81 bits per heavy atom. The summed E-state index contributed by atoms with van der Waals surface area (Å²) in [5.74, 6) is 0.119. The fraction of sp³-hybridized carbons (Fsp3) is 0.375. The number of benzene rings is 1. The van der Waals surface area contributed by atoms with Crippen molar-refractivity contribution in [1.82, 2.24) is 9.78 Å². The van der Waals surface area contributed by atoms with E-state index >= 15 is 0 Å². The standard InChI is InChI=1S/C16H19N3O2/c20-16(14-6-8-21-9-7-14)18-15-10-17-19(12-15)11-13-4-2-1-3-5-13/h1-5,10,12,14H,6-9,11H2,(H,18,20). The van der Waals surface area contributed by atoms with E-state index in [-0.39, 0.29) is 11.8 Å². The second-order valence-electron chi connectivity index (χ2n) is 5.29. The van der Waals surface area contributed by atoms with Crippen LogP contribution in [-0.2, 0) is 16.1 Å². The number of nitrogens with one attached hydrogen (secondary N) is 1. The maximum Gasteiger partial charge on any atom is 0.227 e. The summed E-state index contributed by atoms with van der Waals surface area (Å²) in [6, 6.07) is 10.1. The van der Waals surface area contributed by atoms with Crippen LogP contribution >= 0.6 is 0 Å². The normalized spacial score (nSPS) is 15.8. The minimum absolute atomic E-state index is 0.0521. The molecular formula is C16H19N3O2. The highest BCUT2D eigenvalue weighted by Crippen LogP contribution is 2.17. The molecule has 1 aliphatic rings. The van der Waals surface area contributed by atoms with Crippen LogP contribution in [-0.4, -0.2) is 28.9 Å². The third-order valence-electron chi connectivity index (χ3n) is 3.68. The van der Waals surface area contributed by atoms with Gasteiger partial charge in [0.05, 0.1) is 18.4 Å². The Balaban J connectivity index is 1.58. The molecular weight excluding hydrogens is 266 g/mol. The number of carbonyl (C=O) groups excluding carboxylic acids is 1. The van der Waals surface area contributed by atoms with Crippen molar-refractivity contribution in [3.8, 4) is 0 Å². The largest absolute Gasteiger partial charge is 0.381 e. The zero-order valence-electron chi connectivity index (χ0n) is 11.9. The van der Waals surface area contributed by atoms with Crippen LogP contribution in [0.15, 0.2) is 42.7 Å². The van der Waals surface area contributed by atoms with Gasteiger partial charge in [0.25, 0.3) is 0 Å². The molecule has 1 aliphatic heterocycles. The first-order chi connectivity index (χ1) is 10.3. The minimum Gasteiger partial charge on any atom is -0.381 e. The summed E-state index contributed by atoms with van der Waals surface area (Å²) in [7, 11) is 0. The van der Waals surface area contributed by atoms with E-state index in [0.29, 0.717) is 19.8 Å². The summed E-state index contributed by atoms with van der Waals surface area (Å²) in [6.07, 6.45) is 5.15. The third-order valence-corrected chi connectivity index (χ3v) is 3.68. The Labute approximate surface area is 123 Å². The lowest BCUT2D eigenvalue weighted by Gasteiger charge is -2.20. The van der Waals surface area contributed by atoms with E-state index in [2.05, 4.69) is 22.5 Å². The zero-order chi connectivity index (χ0) is 14.5. The molecule has 0 saturated carbocycles. The van der Waals surface area contributed by atoms with Gasteiger partial charge in [0.2, 0.25) is 5.91 Å². The number of hydrogen-bond donors (Lipinski definition) is 1. The Hall–Kier alpha value is -2.14. The molecule has 1 N–H and O–H groups in total. The number of nitrogens with zero attached hydrogens (tertiary/aromatic N) is 2. The number of ether oxygens (including phenoxy) is 1. The van der Waals surface area contributed by atoms with Gasteiger partial charge in [-0.25, -0.2) is 0 Å². The highest BCUT2D eigenvalue weighted by Gasteiger charge is 2.21. The fourth-order valence-electron chi connectivity index (χ4n) is 2.49. The number of aromatic nitrogens is 2. The monoisotopic (exact) mass is 285 g/mol. The van der Waals surface area contributed by atoms with E-state index in [0.717, 1.165) is 18.5 Å². The van der Waals surface area contributed by atoms with E-state index in [1.54, 1.807) is 6.20 Å². The summed E-state index contributed by atoms with van der Waals surface area (Å²) in [6.45, 7) is 2.05. The molecule has 2 aromatic rings. The van der Waals surface area contributed by atoms with E-state index in [9.17, 15) is 4.79 Å². The van der Waals surface area contributed by atoms with Crippen molar-refractivity contribution in [2.24, 2.45) is 5.92 Å². The van der Waals surface area contributed by atoms with Crippen LogP contribution < -0.4 is 5.32 Å². The maximum atomic E-state index is 12.1. The minimum atomic E-state index is 0.0521. The lowest BCUT2D eigenvalue weighted by Crippen LogP contribution is -2.28. The van der Waals surface area contributed by atoms with Crippen LogP contribution in [0.4, 0.5) is 5.69 Å². The second kappa shape index (κ2) is 6.54. The van der Waals surface area contributed by atoms with Crippen LogP contribution in [0.1, 0.15) is 18.4 Å². The van der Waals surface area contributed by atoms with Gasteiger partial charge in [-0.05, 0) is 18.4 Å². The molecule has 3 rings (SSSR count). The molecule has 1 aromatic heterocycles. The fourth-order valence-corrected chi connectivity index (χ4v) is 2.49. The summed E-state index contributed by atoms with van der Waals surface area (Å²) < 4.78 is 7.10. The quantitative estimate of drug-likeness (QED) is 0.937. The Bertz CT molecular complexity index is 589. The van der Waals surface area contributed by atoms with E-state index in [4.69, 9.17) is 4.74 Å². The number of hydrogen-bond acceptors (Lipinski definition) is 3. The molecule has 0 radical (unpaired) electrons. The van der Waals surface area contributed by atoms with Crippen molar-refractivity contribution in [1.29, 1.82) is 0 Å². The van der Waals surface area contributed by atoms with Crippen molar-refractivity contribution in [3.63, 3.8) is 0 Å². The van der Waals surface area contributed by atoms with Crippen LogP contribution in [0.25, 0.3) is 0 Å². The topological polar surface area (TPSA) is 56.2 Å². The average Bonchev–Trinajstić information content (AvgIpc) is 2.96. The highest BCUT2D eigenvalue weighted by atomic mass is 16.5. The molecule has 1 amide bonds. The lowest BCUT2D eigenvalue weighted by atomic mass is 9.99. The summed E-state index contributed by atoms with van der Waals surface area (Å²) in [5.41, 5.74) is 1.94. The predicted molar refractivity (Wildman–Crippen MR) is 79.9 cm³/mol. The molecule has 110 valence electrons. The van der Waals surface area contributed by atoms with Gasteiger partial charge < -0.3 is 10.1 Å². The molecule has 0 atom stereocenters. The smallest absolute Gasteiger partial charge is 0.227 e. The molecule has 2 heterocycles. The van der Waals surface area contributed by atoms with Crippen molar-refractivity contribution in [2.45, 2.75) is 19.4 Å². The van der Waals surface area contributed by atoms with Gasteiger partial charge in [-0.2, -0.15) is 5.10 Å². The van der Waals surface area contributed by atoms with Gasteiger partial charge in [-0.3, -0.25) is 9.48 Å². The van der Waals surface area contributed by atoms with E-state index < -0.39 is 0 Å². The van der Waals surface area contributed by atoms with Crippen LogP contribution in [0.5, 0.6) is 0 Å². The van der Waals surface area contributed by atoms with E-state index in [1.165, 1.54) is 5.56 Å². The maximum absolute atomic E-state index is 12.1. The van der Waals surface area contributed by atoms with Crippen LogP contribution in [0.2, 0.25) is 0 Å². The molecule has 5 heteroatoms. The van der Waals surface area contributed by atoms with Gasteiger partial charge in [0.15, 0.2) is 0 Å². The van der Waals surface area contributed by atoms with Gasteiger partial charge in [-0.15, -0.1) is 0 Å². The Morgan fingerprint density at radius 2 is 2.05 bits per heavy atom. The van der Waals surface area contributed by atoms with Crippen LogP contribution in [0.3, 0.4) is 0 Å². The molecule has 0 spiro atoms. The zero-order valence-corrected chi connectivity index (χ0v) is 11.9. The molecule has 5 nitrogen and oxygen atoms in total. The van der Waals surface area contributed by atoms with Crippen molar-refractivity contribution >= 4 is 11.6 Å². The van der Waals surface area contributed by atoms with Gasteiger partial charge in [0, 0.05) is 25.3 Å². The van der Waals surface area contributed by atoms with Crippen molar-refractivity contribution < 1.29 is 9.53 Å². The Kier molecular flexibility index (Phi) is 4.31. The molecule has 0 aliphatic carbocycles. The number of amides is 1. The molecule has 1 fully saturated rings. The SMILES string of the molecule is O=C(Nc1cnn(Cc2ccccc2)c1)C1CCOCC1. The van der Waals surface area contributed by atoms with Gasteiger partial charge in [0.1, 0.15) is 0 Å². The molecule has 0 bridgehead atoms. The first-order valence-electron chi connectivity index (χ1n) is 7.26. The number of anilines is 1. The van der Waals surface area contributed by atoms with Gasteiger partial charge >= 0.3 is 0 Å². The second-order valence-corrected chi connectivity index (χ2v) is 5.29. The number of carbonyl (C=O) groups is 1. The highest BCUT2D eigenvalue weighted by molar-refractivity contribution is 5.92. The van der Waals surface area contributed by atoms with Crippen LogP contribution in [0, 0.1) is 5.92 Å². The van der Waals surface area contributed by atoms with E-state index in [1.807, 2.05) is 29.1 Å². The summed E-state index contributed by atoms with van der Waals surface area (Å²) in [5, 5.41) is 7.23. The Morgan fingerprint density at radius 1 is 1.29 bits per heavy atom.